The number of nitrogens with zero attached hydrogens (tertiary/aromatic N) is 1. The predicted molar refractivity (Wildman–Crippen MR) is 111 cm³/mol. The number of amides is 1. The fourth-order valence-electron chi connectivity index (χ4n) is 3.72. The van der Waals surface area contributed by atoms with Crippen molar-refractivity contribution in [2.75, 3.05) is 13.1 Å². The fourth-order valence-corrected chi connectivity index (χ4v) is 3.72. The van der Waals surface area contributed by atoms with E-state index in [2.05, 4.69) is 24.3 Å². The smallest absolute Gasteiger partial charge is 0.335 e. The van der Waals surface area contributed by atoms with Gasteiger partial charge in [0, 0.05) is 19.5 Å². The highest BCUT2D eigenvalue weighted by molar-refractivity contribution is 5.89. The van der Waals surface area contributed by atoms with Crippen molar-refractivity contribution in [2.45, 2.75) is 25.6 Å². The molecule has 1 heterocycles. The molecule has 1 aliphatic rings. The lowest BCUT2D eigenvalue weighted by Crippen LogP contribution is -2.54. The summed E-state index contributed by atoms with van der Waals surface area (Å²) in [5.74, 6) is -0.922. The average molecular weight is 389 g/mol. The van der Waals surface area contributed by atoms with Gasteiger partial charge in [0.1, 0.15) is 0 Å². The van der Waals surface area contributed by atoms with Crippen molar-refractivity contribution in [2.24, 2.45) is 0 Å². The van der Waals surface area contributed by atoms with Gasteiger partial charge in [-0.05, 0) is 34.4 Å². The summed E-state index contributed by atoms with van der Waals surface area (Å²) in [5.41, 5.74) is 2.11. The zero-order valence-electron chi connectivity index (χ0n) is 16.1. The minimum atomic E-state index is -0.959. The van der Waals surface area contributed by atoms with E-state index in [-0.39, 0.29) is 17.6 Å². The van der Waals surface area contributed by atoms with Crippen molar-refractivity contribution >= 4 is 22.6 Å². The summed E-state index contributed by atoms with van der Waals surface area (Å²) < 4.78 is 5.99. The molecule has 1 saturated heterocycles. The van der Waals surface area contributed by atoms with Crippen molar-refractivity contribution in [3.05, 3.63) is 83.4 Å². The van der Waals surface area contributed by atoms with Crippen molar-refractivity contribution in [3.63, 3.8) is 0 Å². The summed E-state index contributed by atoms with van der Waals surface area (Å²) in [4.78, 5) is 25.4. The highest BCUT2D eigenvalue weighted by Gasteiger charge is 2.31. The number of carboxylic acid groups (broad SMARTS) is 1. The number of carbonyl (C=O) groups is 2. The third-order valence-electron chi connectivity index (χ3n) is 5.41. The molecule has 148 valence electrons. The molecule has 0 spiro atoms. The van der Waals surface area contributed by atoms with E-state index in [9.17, 15) is 14.7 Å². The maximum atomic E-state index is 12.4. The number of likely N-dealkylation sites (tertiary alicyclic amines) is 1. The van der Waals surface area contributed by atoms with Crippen LogP contribution in [0.2, 0.25) is 0 Å². The number of aromatic carboxylic acids is 1. The maximum absolute atomic E-state index is 12.4. The topological polar surface area (TPSA) is 66.8 Å². The lowest BCUT2D eigenvalue weighted by Gasteiger charge is -2.39. The van der Waals surface area contributed by atoms with E-state index in [1.165, 1.54) is 10.8 Å². The van der Waals surface area contributed by atoms with Gasteiger partial charge in [-0.3, -0.25) is 4.79 Å². The number of hydrogen-bond donors (Lipinski definition) is 1. The highest BCUT2D eigenvalue weighted by atomic mass is 16.5. The van der Waals surface area contributed by atoms with Crippen LogP contribution in [0, 0.1) is 0 Å². The predicted octanol–water partition coefficient (Wildman–Crippen LogP) is 3.90. The van der Waals surface area contributed by atoms with Gasteiger partial charge >= 0.3 is 5.97 Å². The van der Waals surface area contributed by atoms with Gasteiger partial charge in [0.25, 0.3) is 0 Å². The second-order valence-electron chi connectivity index (χ2n) is 7.33. The van der Waals surface area contributed by atoms with Crippen LogP contribution in [-0.2, 0) is 22.6 Å². The largest absolute Gasteiger partial charge is 0.478 e. The van der Waals surface area contributed by atoms with Crippen molar-refractivity contribution < 1.29 is 19.4 Å². The van der Waals surface area contributed by atoms with E-state index in [0.717, 1.165) is 5.56 Å². The van der Waals surface area contributed by atoms with Crippen molar-refractivity contribution in [1.29, 1.82) is 0 Å². The first-order chi connectivity index (χ1) is 14.1. The van der Waals surface area contributed by atoms with Crippen LogP contribution in [0.25, 0.3) is 10.8 Å². The van der Waals surface area contributed by atoms with E-state index in [4.69, 9.17) is 4.74 Å². The SMILES string of the molecule is O=C(O)c1ccccc1CCC(=O)N1CC(OCc2cccc3ccccc23)C1. The number of carboxylic acids is 1. The third-order valence-corrected chi connectivity index (χ3v) is 5.41. The Balaban J connectivity index is 1.26. The highest BCUT2D eigenvalue weighted by Crippen LogP contribution is 2.22. The Labute approximate surface area is 169 Å². The molecule has 1 amide bonds. The van der Waals surface area contributed by atoms with Gasteiger partial charge in [0.2, 0.25) is 5.91 Å². The fraction of sp³-hybridized carbons (Fsp3) is 0.250. The molecule has 3 aromatic rings. The molecule has 0 unspecified atom stereocenters. The molecule has 0 radical (unpaired) electrons. The van der Waals surface area contributed by atoms with Crippen LogP contribution < -0.4 is 0 Å². The molecule has 3 aromatic carbocycles. The zero-order chi connectivity index (χ0) is 20.2. The number of hydrogen-bond acceptors (Lipinski definition) is 3. The summed E-state index contributed by atoms with van der Waals surface area (Å²) in [6.45, 7) is 1.70. The number of ether oxygens (including phenoxy) is 1. The molecule has 0 aliphatic carbocycles. The second-order valence-corrected chi connectivity index (χ2v) is 7.33. The van der Waals surface area contributed by atoms with Gasteiger partial charge < -0.3 is 14.7 Å². The van der Waals surface area contributed by atoms with Crippen LogP contribution in [0.1, 0.15) is 27.9 Å². The summed E-state index contributed by atoms with van der Waals surface area (Å²) >= 11 is 0. The standard InChI is InChI=1S/C24H23NO4/c26-23(13-12-18-7-2-4-11-22(18)24(27)28)25-14-20(15-25)29-16-19-9-5-8-17-6-1-3-10-21(17)19/h1-11,20H,12-16H2,(H,27,28). The zero-order valence-corrected chi connectivity index (χ0v) is 16.1. The summed E-state index contributed by atoms with van der Waals surface area (Å²) in [5, 5.41) is 11.6. The Morgan fingerprint density at radius 2 is 1.62 bits per heavy atom. The maximum Gasteiger partial charge on any atom is 0.335 e. The Morgan fingerprint density at radius 3 is 2.45 bits per heavy atom. The van der Waals surface area contributed by atoms with Gasteiger partial charge in [-0.2, -0.15) is 0 Å². The molecule has 5 heteroatoms. The third kappa shape index (κ3) is 4.30. The van der Waals surface area contributed by atoms with E-state index < -0.39 is 5.97 Å². The van der Waals surface area contributed by atoms with E-state index in [0.29, 0.717) is 38.1 Å². The molecule has 0 saturated carbocycles. The van der Waals surface area contributed by atoms with E-state index >= 15 is 0 Å². The van der Waals surface area contributed by atoms with Crippen LogP contribution in [0.4, 0.5) is 0 Å². The molecule has 5 nitrogen and oxygen atoms in total. The second kappa shape index (κ2) is 8.45. The lowest BCUT2D eigenvalue weighted by molar-refractivity contribution is -0.145. The number of rotatable bonds is 7. The van der Waals surface area contributed by atoms with E-state index in [1.54, 1.807) is 29.2 Å². The number of aryl methyl sites for hydroxylation is 1. The first-order valence-corrected chi connectivity index (χ1v) is 9.79. The molecular weight excluding hydrogens is 366 g/mol. The molecule has 0 bridgehead atoms. The van der Waals surface area contributed by atoms with Gasteiger partial charge in [-0.1, -0.05) is 60.7 Å². The molecule has 1 aliphatic heterocycles. The Kier molecular flexibility index (Phi) is 5.58. The monoisotopic (exact) mass is 389 g/mol. The van der Waals surface area contributed by atoms with Crippen LogP contribution in [-0.4, -0.2) is 41.1 Å². The van der Waals surface area contributed by atoms with Crippen LogP contribution >= 0.6 is 0 Å². The minimum Gasteiger partial charge on any atom is -0.478 e. The summed E-state index contributed by atoms with van der Waals surface area (Å²) in [6, 6.07) is 21.3. The molecule has 29 heavy (non-hydrogen) atoms. The van der Waals surface area contributed by atoms with Crippen molar-refractivity contribution in [3.8, 4) is 0 Å². The molecular formula is C24H23NO4. The minimum absolute atomic E-state index is 0.0372. The number of fused-ring (bicyclic) bond motifs is 1. The first-order valence-electron chi connectivity index (χ1n) is 9.79. The van der Waals surface area contributed by atoms with Crippen LogP contribution in [0.5, 0.6) is 0 Å². The quantitative estimate of drug-likeness (QED) is 0.666. The van der Waals surface area contributed by atoms with Gasteiger partial charge in [-0.25, -0.2) is 4.79 Å². The first kappa shape index (κ1) is 19.2. The Morgan fingerprint density at radius 1 is 0.931 bits per heavy atom. The number of carbonyl (C=O) groups excluding carboxylic acids is 1. The average Bonchev–Trinajstić information content (AvgIpc) is 2.71. The van der Waals surface area contributed by atoms with Crippen molar-refractivity contribution in [1.82, 2.24) is 4.90 Å². The Hall–Kier alpha value is -3.18. The molecule has 4 rings (SSSR count). The van der Waals surface area contributed by atoms with Gasteiger partial charge in [-0.15, -0.1) is 0 Å². The van der Waals surface area contributed by atoms with Gasteiger partial charge in [0.15, 0.2) is 0 Å². The normalized spacial score (nSPS) is 14.0. The van der Waals surface area contributed by atoms with Crippen LogP contribution in [0.15, 0.2) is 66.7 Å². The number of benzene rings is 3. The summed E-state index contributed by atoms with van der Waals surface area (Å²) in [7, 11) is 0. The molecule has 1 N–H and O–H groups in total. The summed E-state index contributed by atoms with van der Waals surface area (Å²) in [6.07, 6.45) is 0.781. The van der Waals surface area contributed by atoms with E-state index in [1.807, 2.05) is 18.2 Å². The molecule has 0 atom stereocenters. The van der Waals surface area contributed by atoms with Gasteiger partial charge in [0.05, 0.1) is 18.3 Å². The molecule has 0 aromatic heterocycles. The van der Waals surface area contributed by atoms with Crippen LogP contribution in [0.3, 0.4) is 0 Å². The Bertz CT molecular complexity index is 1030. The lowest BCUT2D eigenvalue weighted by atomic mass is 10.0. The molecule has 1 fully saturated rings.